The molecule has 0 aliphatic carbocycles. The largest absolute Gasteiger partial charge is 0.493 e. The summed E-state index contributed by atoms with van der Waals surface area (Å²) in [6, 6.07) is 2.00. The molecule has 0 amide bonds. The van der Waals surface area contributed by atoms with Crippen molar-refractivity contribution >= 4 is 22.4 Å². The van der Waals surface area contributed by atoms with Crippen LogP contribution in [0.3, 0.4) is 0 Å². The van der Waals surface area contributed by atoms with Gasteiger partial charge in [-0.05, 0) is 38.9 Å². The lowest BCUT2D eigenvalue weighted by molar-refractivity contribution is 0.208. The van der Waals surface area contributed by atoms with Crippen molar-refractivity contribution in [3.05, 3.63) is 17.9 Å². The second-order valence-corrected chi connectivity index (χ2v) is 7.56. The Morgan fingerprint density at radius 1 is 1.20 bits per heavy atom. The molecule has 1 saturated heterocycles. The second kappa shape index (κ2) is 9.56. The van der Waals surface area contributed by atoms with Crippen molar-refractivity contribution in [1.82, 2.24) is 9.62 Å². The zero-order valence-electron chi connectivity index (χ0n) is 14.7. The molecule has 2 rings (SSSR count). The summed E-state index contributed by atoms with van der Waals surface area (Å²) in [5, 5.41) is 0. The number of likely N-dealkylation sites (tertiary alicyclic amines) is 1. The first-order chi connectivity index (χ1) is 11.4. The van der Waals surface area contributed by atoms with Crippen molar-refractivity contribution in [3.8, 4) is 11.5 Å². The summed E-state index contributed by atoms with van der Waals surface area (Å²) in [7, 11) is -1.21. The molecule has 1 aromatic carbocycles. The van der Waals surface area contributed by atoms with Crippen molar-refractivity contribution in [2.75, 3.05) is 33.9 Å². The predicted octanol–water partition coefficient (Wildman–Crippen LogP) is 2.42. The molecule has 0 aromatic heterocycles. The van der Waals surface area contributed by atoms with Gasteiger partial charge in [0.1, 0.15) is 10.7 Å². The zero-order chi connectivity index (χ0) is 17.7. The maximum atomic E-state index is 14.2. The Bertz CT molecular complexity index is 664. The third kappa shape index (κ3) is 5.44. The molecule has 0 spiro atoms. The van der Waals surface area contributed by atoms with Gasteiger partial charge in [0.15, 0.2) is 11.5 Å². The monoisotopic (exact) mass is 396 g/mol. The van der Waals surface area contributed by atoms with Gasteiger partial charge in [-0.15, -0.1) is 12.4 Å². The van der Waals surface area contributed by atoms with Crippen LogP contribution in [-0.4, -0.2) is 53.2 Å². The van der Waals surface area contributed by atoms with Crippen LogP contribution in [0.5, 0.6) is 11.5 Å². The molecular formula is C16H26ClFN2O4S. The molecule has 9 heteroatoms. The van der Waals surface area contributed by atoms with Crippen molar-refractivity contribution in [2.45, 2.75) is 37.1 Å². The van der Waals surface area contributed by atoms with E-state index in [2.05, 4.69) is 16.5 Å². The molecule has 6 nitrogen and oxygen atoms in total. The number of hydrogen-bond acceptors (Lipinski definition) is 5. The normalized spacial score (nSPS) is 16.3. The van der Waals surface area contributed by atoms with E-state index in [1.807, 2.05) is 0 Å². The highest BCUT2D eigenvalue weighted by molar-refractivity contribution is 7.89. The molecule has 1 aliphatic rings. The van der Waals surface area contributed by atoms with E-state index in [1.165, 1.54) is 14.2 Å². The van der Waals surface area contributed by atoms with Gasteiger partial charge < -0.3 is 14.4 Å². The smallest absolute Gasteiger partial charge is 0.243 e. The number of sulfonamides is 1. The lowest BCUT2D eigenvalue weighted by Crippen LogP contribution is -2.44. The van der Waals surface area contributed by atoms with Crippen LogP contribution >= 0.6 is 12.4 Å². The standard InChI is InChI=1S/C16H25FN2O4S.ClH/c1-4-7-19-8-5-12(6-9-19)18-24(20,21)16-11-15(23-3)14(22-2)10-13(16)17;/h10-12,18H,4-9H2,1-3H3;1H. The predicted molar refractivity (Wildman–Crippen MR) is 96.8 cm³/mol. The lowest BCUT2D eigenvalue weighted by Gasteiger charge is -2.31. The number of hydrogen-bond donors (Lipinski definition) is 1. The molecule has 0 atom stereocenters. The van der Waals surface area contributed by atoms with E-state index < -0.39 is 20.7 Å². The van der Waals surface area contributed by atoms with Gasteiger partial charge in [0.2, 0.25) is 10.0 Å². The lowest BCUT2D eigenvalue weighted by atomic mass is 10.1. The average Bonchev–Trinajstić information content (AvgIpc) is 2.56. The van der Waals surface area contributed by atoms with Crippen molar-refractivity contribution in [1.29, 1.82) is 0 Å². The number of piperidine rings is 1. The molecule has 0 unspecified atom stereocenters. The summed E-state index contributed by atoms with van der Waals surface area (Å²) in [5.41, 5.74) is 0. The van der Waals surface area contributed by atoms with Crippen LogP contribution in [0.4, 0.5) is 4.39 Å². The Morgan fingerprint density at radius 3 is 2.28 bits per heavy atom. The Kier molecular flexibility index (Phi) is 8.40. The Balaban J connectivity index is 0.00000312. The molecule has 0 radical (unpaired) electrons. The molecular weight excluding hydrogens is 371 g/mol. The van der Waals surface area contributed by atoms with E-state index >= 15 is 0 Å². The Morgan fingerprint density at radius 2 is 1.76 bits per heavy atom. The van der Waals surface area contributed by atoms with Gasteiger partial charge in [0.25, 0.3) is 0 Å². The van der Waals surface area contributed by atoms with E-state index in [0.717, 1.165) is 38.2 Å². The molecule has 0 bridgehead atoms. The fraction of sp³-hybridized carbons (Fsp3) is 0.625. The summed E-state index contributed by atoms with van der Waals surface area (Å²) in [6.07, 6.45) is 2.51. The number of ether oxygens (including phenoxy) is 2. The first kappa shape index (κ1) is 22.0. The van der Waals surface area contributed by atoms with Gasteiger partial charge in [0.05, 0.1) is 14.2 Å². The molecule has 0 saturated carbocycles. The SMILES string of the molecule is CCCN1CCC(NS(=O)(=O)c2cc(OC)c(OC)cc2F)CC1.Cl. The number of halogens is 2. The topological polar surface area (TPSA) is 67.9 Å². The third-order valence-electron chi connectivity index (χ3n) is 4.18. The minimum absolute atomic E-state index is 0. The molecule has 144 valence electrons. The summed E-state index contributed by atoms with van der Waals surface area (Å²) in [6.45, 7) is 4.82. The summed E-state index contributed by atoms with van der Waals surface area (Å²) in [4.78, 5) is 1.89. The summed E-state index contributed by atoms with van der Waals surface area (Å²) < 4.78 is 51.9. The van der Waals surface area contributed by atoms with Crippen LogP contribution in [0.25, 0.3) is 0 Å². The average molecular weight is 397 g/mol. The maximum Gasteiger partial charge on any atom is 0.243 e. The number of rotatable bonds is 7. The molecule has 1 fully saturated rings. The van der Waals surface area contributed by atoms with Crippen molar-refractivity contribution in [2.24, 2.45) is 0 Å². The highest BCUT2D eigenvalue weighted by Gasteiger charge is 2.27. The minimum atomic E-state index is -3.96. The Labute approximate surface area is 155 Å². The molecule has 1 aliphatic heterocycles. The van der Waals surface area contributed by atoms with Gasteiger partial charge in [-0.2, -0.15) is 0 Å². The van der Waals surface area contributed by atoms with E-state index in [9.17, 15) is 12.8 Å². The highest BCUT2D eigenvalue weighted by atomic mass is 35.5. The van der Waals surface area contributed by atoms with Crippen LogP contribution in [-0.2, 0) is 10.0 Å². The van der Waals surface area contributed by atoms with Crippen molar-refractivity contribution < 1.29 is 22.3 Å². The zero-order valence-corrected chi connectivity index (χ0v) is 16.4. The van der Waals surface area contributed by atoms with Gasteiger partial charge >= 0.3 is 0 Å². The highest BCUT2D eigenvalue weighted by Crippen LogP contribution is 2.32. The van der Waals surface area contributed by atoms with E-state index in [0.29, 0.717) is 12.8 Å². The van der Waals surface area contributed by atoms with Crippen LogP contribution in [0, 0.1) is 5.82 Å². The van der Waals surface area contributed by atoms with E-state index in [1.54, 1.807) is 0 Å². The number of nitrogens with one attached hydrogen (secondary N) is 1. The number of methoxy groups -OCH3 is 2. The Hall–Kier alpha value is -1.09. The van der Waals surface area contributed by atoms with Gasteiger partial charge in [-0.1, -0.05) is 6.92 Å². The molecule has 1 N–H and O–H groups in total. The summed E-state index contributed by atoms with van der Waals surface area (Å²) in [5.74, 6) is -0.526. The van der Waals surface area contributed by atoms with E-state index in [4.69, 9.17) is 9.47 Å². The number of benzene rings is 1. The molecule has 25 heavy (non-hydrogen) atoms. The van der Waals surface area contributed by atoms with Crippen LogP contribution < -0.4 is 14.2 Å². The fourth-order valence-corrected chi connectivity index (χ4v) is 4.29. The van der Waals surface area contributed by atoms with Gasteiger partial charge in [0, 0.05) is 18.2 Å². The summed E-state index contributed by atoms with van der Waals surface area (Å²) >= 11 is 0. The second-order valence-electron chi connectivity index (χ2n) is 5.87. The molecule has 1 aromatic rings. The first-order valence-electron chi connectivity index (χ1n) is 8.07. The minimum Gasteiger partial charge on any atom is -0.493 e. The first-order valence-corrected chi connectivity index (χ1v) is 9.55. The quantitative estimate of drug-likeness (QED) is 0.766. The number of nitrogens with zero attached hydrogens (tertiary/aromatic N) is 1. The maximum absolute atomic E-state index is 14.2. The van der Waals surface area contributed by atoms with Crippen LogP contribution in [0.2, 0.25) is 0 Å². The fourth-order valence-electron chi connectivity index (χ4n) is 2.92. The van der Waals surface area contributed by atoms with Crippen LogP contribution in [0.15, 0.2) is 17.0 Å². The van der Waals surface area contributed by atoms with Gasteiger partial charge in [-0.25, -0.2) is 17.5 Å². The van der Waals surface area contributed by atoms with Crippen LogP contribution in [0.1, 0.15) is 26.2 Å². The van der Waals surface area contributed by atoms with Crippen molar-refractivity contribution in [3.63, 3.8) is 0 Å². The molecule has 1 heterocycles. The third-order valence-corrected chi connectivity index (χ3v) is 5.71. The van der Waals surface area contributed by atoms with Gasteiger partial charge in [-0.3, -0.25) is 0 Å². The van der Waals surface area contributed by atoms with E-state index in [-0.39, 0.29) is 29.9 Å².